The maximum Gasteiger partial charge on any atom is 0.255 e. The van der Waals surface area contributed by atoms with Gasteiger partial charge in [0.25, 0.3) is 5.56 Å². The summed E-state index contributed by atoms with van der Waals surface area (Å²) in [4.78, 5) is 22.5. The van der Waals surface area contributed by atoms with Gasteiger partial charge < -0.3 is 9.55 Å². The number of nitrogens with zero attached hydrogens (tertiary/aromatic N) is 4. The first-order valence-electron chi connectivity index (χ1n) is 9.12. The molecule has 1 aliphatic rings. The van der Waals surface area contributed by atoms with E-state index in [1.54, 1.807) is 12.1 Å². The molecule has 0 bridgehead atoms. The lowest BCUT2D eigenvalue weighted by molar-refractivity contribution is 0.241. The third-order valence-corrected chi connectivity index (χ3v) is 5.67. The summed E-state index contributed by atoms with van der Waals surface area (Å²) >= 11 is 5.94. The average molecular weight is 394 g/mol. The number of hydrogen-bond donors (Lipinski definition) is 1. The van der Waals surface area contributed by atoms with Gasteiger partial charge >= 0.3 is 0 Å². The van der Waals surface area contributed by atoms with Crippen LogP contribution in [0.4, 0.5) is 0 Å². The van der Waals surface area contributed by atoms with Crippen LogP contribution in [0.15, 0.2) is 35.1 Å². The molecule has 0 amide bonds. The van der Waals surface area contributed by atoms with Gasteiger partial charge in [-0.1, -0.05) is 11.6 Å². The summed E-state index contributed by atoms with van der Waals surface area (Å²) in [5.74, 6) is 0.575. The quantitative estimate of drug-likeness (QED) is 0.741. The lowest BCUT2D eigenvalue weighted by atomic mass is 10.1. The van der Waals surface area contributed by atoms with Crippen molar-refractivity contribution in [3.63, 3.8) is 0 Å². The van der Waals surface area contributed by atoms with Crippen LogP contribution in [0.5, 0.6) is 0 Å². The standard InChI is InChI=1S/C21H20ClN5O/c1-13-15(9-17(10-23)26(13)2)11-27-8-7-19-18(12-27)21(28)25-20(24-19)14-3-5-16(22)6-4-14/h3-6,9H,7-8,11-12H2,1-2H3,(H,24,25,28). The van der Waals surface area contributed by atoms with Gasteiger partial charge in [0.05, 0.1) is 11.3 Å². The minimum absolute atomic E-state index is 0.0952. The Morgan fingerprint density at radius 2 is 2.07 bits per heavy atom. The van der Waals surface area contributed by atoms with Crippen LogP contribution in [0.25, 0.3) is 11.4 Å². The average Bonchev–Trinajstić information content (AvgIpc) is 2.96. The molecule has 1 aromatic carbocycles. The maximum absolute atomic E-state index is 12.7. The molecule has 0 radical (unpaired) electrons. The van der Waals surface area contributed by atoms with Crippen molar-refractivity contribution in [1.82, 2.24) is 19.4 Å². The molecule has 0 atom stereocenters. The molecule has 2 aromatic heterocycles. The first-order valence-corrected chi connectivity index (χ1v) is 9.49. The number of halogens is 1. The smallest absolute Gasteiger partial charge is 0.255 e. The molecular weight excluding hydrogens is 374 g/mol. The predicted octanol–water partition coefficient (Wildman–Crippen LogP) is 3.17. The third kappa shape index (κ3) is 3.35. The van der Waals surface area contributed by atoms with E-state index in [2.05, 4.69) is 16.0 Å². The van der Waals surface area contributed by atoms with Crippen LogP contribution in [0.2, 0.25) is 5.02 Å². The third-order valence-electron chi connectivity index (χ3n) is 5.41. The van der Waals surface area contributed by atoms with Gasteiger partial charge in [0.2, 0.25) is 0 Å². The van der Waals surface area contributed by atoms with Crippen molar-refractivity contribution < 1.29 is 0 Å². The summed E-state index contributed by atoms with van der Waals surface area (Å²) in [5.41, 5.74) is 5.16. The number of aromatic nitrogens is 3. The van der Waals surface area contributed by atoms with Crippen molar-refractivity contribution in [3.05, 3.63) is 73.9 Å². The summed E-state index contributed by atoms with van der Waals surface area (Å²) < 4.78 is 1.90. The van der Waals surface area contributed by atoms with Gasteiger partial charge in [-0.05, 0) is 42.8 Å². The van der Waals surface area contributed by atoms with E-state index < -0.39 is 0 Å². The molecule has 0 saturated carbocycles. The van der Waals surface area contributed by atoms with Crippen LogP contribution in [0.1, 0.15) is 28.2 Å². The van der Waals surface area contributed by atoms with E-state index in [9.17, 15) is 10.1 Å². The lowest BCUT2D eigenvalue weighted by Crippen LogP contribution is -2.35. The van der Waals surface area contributed by atoms with Gasteiger partial charge in [0.15, 0.2) is 0 Å². The molecule has 6 nitrogen and oxygen atoms in total. The summed E-state index contributed by atoms with van der Waals surface area (Å²) in [6.07, 6.45) is 0.719. The van der Waals surface area contributed by atoms with E-state index in [4.69, 9.17) is 16.6 Å². The van der Waals surface area contributed by atoms with Gasteiger partial charge in [0.1, 0.15) is 17.6 Å². The number of aromatic amines is 1. The lowest BCUT2D eigenvalue weighted by Gasteiger charge is -2.27. The molecule has 3 aromatic rings. The normalized spacial score (nSPS) is 13.9. The van der Waals surface area contributed by atoms with E-state index in [0.29, 0.717) is 29.6 Å². The van der Waals surface area contributed by atoms with Gasteiger partial charge in [-0.15, -0.1) is 0 Å². The number of hydrogen-bond acceptors (Lipinski definition) is 4. The van der Waals surface area contributed by atoms with Crippen molar-refractivity contribution in [3.8, 4) is 17.5 Å². The molecule has 0 aliphatic carbocycles. The fourth-order valence-corrected chi connectivity index (χ4v) is 3.76. The maximum atomic E-state index is 12.7. The second kappa shape index (κ2) is 7.27. The summed E-state index contributed by atoms with van der Waals surface area (Å²) in [7, 11) is 1.90. The summed E-state index contributed by atoms with van der Waals surface area (Å²) in [6.45, 7) is 4.09. The summed E-state index contributed by atoms with van der Waals surface area (Å²) in [5, 5.41) is 9.87. The van der Waals surface area contributed by atoms with Crippen LogP contribution < -0.4 is 5.56 Å². The minimum Gasteiger partial charge on any atom is -0.340 e. The first kappa shape index (κ1) is 18.5. The monoisotopic (exact) mass is 393 g/mol. The van der Waals surface area contributed by atoms with Crippen molar-refractivity contribution in [2.24, 2.45) is 7.05 Å². The van der Waals surface area contributed by atoms with Crippen LogP contribution in [-0.2, 0) is 26.6 Å². The zero-order valence-corrected chi connectivity index (χ0v) is 16.5. The Bertz CT molecular complexity index is 1140. The molecule has 4 rings (SSSR count). The fraction of sp³-hybridized carbons (Fsp3) is 0.286. The molecule has 0 fully saturated rings. The molecule has 0 unspecified atom stereocenters. The molecular formula is C21H20ClN5O. The molecule has 7 heteroatoms. The highest BCUT2D eigenvalue weighted by molar-refractivity contribution is 6.30. The van der Waals surface area contributed by atoms with Crippen molar-refractivity contribution >= 4 is 11.6 Å². The van der Waals surface area contributed by atoms with Crippen LogP contribution >= 0.6 is 11.6 Å². The molecule has 1 N–H and O–H groups in total. The summed E-state index contributed by atoms with van der Waals surface area (Å²) in [6, 6.07) is 11.4. The number of H-pyrrole nitrogens is 1. The van der Waals surface area contributed by atoms with Crippen molar-refractivity contribution in [1.29, 1.82) is 5.26 Å². The number of fused-ring (bicyclic) bond motifs is 1. The molecule has 28 heavy (non-hydrogen) atoms. The van der Waals surface area contributed by atoms with E-state index >= 15 is 0 Å². The predicted molar refractivity (Wildman–Crippen MR) is 108 cm³/mol. The van der Waals surface area contributed by atoms with Crippen LogP contribution in [0, 0.1) is 18.3 Å². The van der Waals surface area contributed by atoms with Gasteiger partial charge in [-0.3, -0.25) is 9.69 Å². The van der Waals surface area contributed by atoms with Gasteiger partial charge in [-0.2, -0.15) is 5.26 Å². The SMILES string of the molecule is Cc1c(CN2CCc3nc(-c4ccc(Cl)cc4)[nH]c(=O)c3C2)cc(C#N)n1C. The zero-order valence-electron chi connectivity index (χ0n) is 15.8. The Balaban J connectivity index is 1.59. The Morgan fingerprint density at radius 1 is 1.32 bits per heavy atom. The Kier molecular flexibility index (Phi) is 4.80. The number of benzene rings is 1. The van der Waals surface area contributed by atoms with Gasteiger partial charge in [0, 0.05) is 49.4 Å². The van der Waals surface area contributed by atoms with E-state index in [1.165, 1.54) is 0 Å². The fourth-order valence-electron chi connectivity index (χ4n) is 3.63. The Hall–Kier alpha value is -2.88. The Labute approximate surface area is 168 Å². The number of nitrogens with one attached hydrogen (secondary N) is 1. The van der Waals surface area contributed by atoms with E-state index in [-0.39, 0.29) is 5.56 Å². The minimum atomic E-state index is -0.0952. The topological polar surface area (TPSA) is 77.7 Å². The van der Waals surface area contributed by atoms with E-state index in [1.807, 2.05) is 36.7 Å². The molecule has 1 aliphatic heterocycles. The number of nitriles is 1. The molecule has 142 valence electrons. The van der Waals surface area contributed by atoms with Crippen molar-refractivity contribution in [2.75, 3.05) is 6.54 Å². The van der Waals surface area contributed by atoms with E-state index in [0.717, 1.165) is 41.0 Å². The largest absolute Gasteiger partial charge is 0.340 e. The first-order chi connectivity index (χ1) is 13.5. The second-order valence-corrected chi connectivity index (χ2v) is 7.55. The second-order valence-electron chi connectivity index (χ2n) is 7.12. The highest BCUT2D eigenvalue weighted by Gasteiger charge is 2.23. The molecule has 3 heterocycles. The van der Waals surface area contributed by atoms with Crippen LogP contribution in [-0.4, -0.2) is 26.0 Å². The zero-order chi connectivity index (χ0) is 19.8. The van der Waals surface area contributed by atoms with Crippen LogP contribution in [0.3, 0.4) is 0 Å². The highest BCUT2D eigenvalue weighted by atomic mass is 35.5. The number of rotatable bonds is 3. The molecule has 0 saturated heterocycles. The van der Waals surface area contributed by atoms with Crippen molar-refractivity contribution in [2.45, 2.75) is 26.4 Å². The Morgan fingerprint density at radius 3 is 2.75 bits per heavy atom. The highest BCUT2D eigenvalue weighted by Crippen LogP contribution is 2.22. The van der Waals surface area contributed by atoms with Gasteiger partial charge in [-0.25, -0.2) is 4.98 Å². The molecule has 0 spiro atoms.